The second kappa shape index (κ2) is 5.81. The van der Waals surface area contributed by atoms with Crippen LogP contribution in [-0.4, -0.2) is 60.1 Å². The highest BCUT2D eigenvalue weighted by Crippen LogP contribution is 2.41. The first-order valence-corrected chi connectivity index (χ1v) is 7.74. The number of thioether (sulfide) groups is 1. The maximum absolute atomic E-state index is 12.7. The normalized spacial score (nSPS) is 23.4. The molecule has 122 valence electrons. The number of fused-ring (bicyclic) bond motifs is 1. The van der Waals surface area contributed by atoms with E-state index in [4.69, 9.17) is 16.7 Å². The van der Waals surface area contributed by atoms with Crippen LogP contribution in [0.1, 0.15) is 5.82 Å². The fourth-order valence-corrected chi connectivity index (χ4v) is 3.86. The third-order valence-electron chi connectivity index (χ3n) is 3.27. The number of nitrogens with zero attached hydrogens (tertiary/aromatic N) is 3. The van der Waals surface area contributed by atoms with Crippen LogP contribution in [0.3, 0.4) is 0 Å². The minimum absolute atomic E-state index is 0.0223. The van der Waals surface area contributed by atoms with Gasteiger partial charge in [-0.2, -0.15) is 4.39 Å². The minimum Gasteiger partial charge on any atom is -0.477 e. The standard InChI is InChI=1S/C11H9ClFN5O4S/c12-3-2-23-9-6(8(20)18(9)7(3)10(21)22)15-5(19)1-4-14-11(13)17-16-4/h6,9H,1-2H2,(H,15,19)(H,21,22)(H,14,16,17)/t6-,9+/m1/s1. The molecule has 0 saturated carbocycles. The lowest BCUT2D eigenvalue weighted by Gasteiger charge is -2.48. The topological polar surface area (TPSA) is 128 Å². The lowest BCUT2D eigenvalue weighted by molar-refractivity contribution is -0.150. The number of halogens is 2. The number of carbonyl (C=O) groups is 3. The van der Waals surface area contributed by atoms with Crippen molar-refractivity contribution >= 4 is 41.1 Å². The molecule has 1 aromatic rings. The van der Waals surface area contributed by atoms with Gasteiger partial charge in [-0.1, -0.05) is 16.7 Å². The van der Waals surface area contributed by atoms with Gasteiger partial charge in [-0.15, -0.1) is 16.9 Å². The van der Waals surface area contributed by atoms with E-state index in [2.05, 4.69) is 20.5 Å². The third-order valence-corrected chi connectivity index (χ3v) is 5.03. The molecule has 0 bridgehead atoms. The van der Waals surface area contributed by atoms with E-state index in [-0.39, 0.29) is 28.7 Å². The lowest BCUT2D eigenvalue weighted by Crippen LogP contribution is -2.70. The van der Waals surface area contributed by atoms with Crippen molar-refractivity contribution in [2.75, 3.05) is 5.75 Å². The summed E-state index contributed by atoms with van der Waals surface area (Å²) in [5.41, 5.74) is -0.261. The van der Waals surface area contributed by atoms with E-state index in [1.165, 1.54) is 11.8 Å². The van der Waals surface area contributed by atoms with Crippen molar-refractivity contribution in [1.29, 1.82) is 0 Å². The molecular weight excluding hydrogens is 353 g/mol. The van der Waals surface area contributed by atoms with Crippen LogP contribution in [0, 0.1) is 6.08 Å². The molecule has 2 amide bonds. The molecule has 3 N–H and O–H groups in total. The SMILES string of the molecule is O=C(Cc1nnc(F)[nH]1)N[C@@H]1C(=O)N2C(C(=O)O)=C(Cl)CS[C@@H]12. The van der Waals surface area contributed by atoms with Crippen molar-refractivity contribution in [2.24, 2.45) is 0 Å². The Balaban J connectivity index is 1.66. The molecular formula is C11H9ClFN5O4S. The van der Waals surface area contributed by atoms with Crippen LogP contribution >= 0.6 is 23.4 Å². The number of hydrogen-bond acceptors (Lipinski definition) is 6. The molecule has 0 spiro atoms. The van der Waals surface area contributed by atoms with Gasteiger partial charge in [-0.3, -0.25) is 14.5 Å². The summed E-state index contributed by atoms with van der Waals surface area (Å²) in [6, 6.07) is -0.862. The molecule has 2 atom stereocenters. The molecule has 0 radical (unpaired) electrons. The number of aliphatic carboxylic acids is 1. The van der Waals surface area contributed by atoms with Crippen molar-refractivity contribution in [1.82, 2.24) is 25.4 Å². The molecule has 12 heteroatoms. The van der Waals surface area contributed by atoms with Crippen molar-refractivity contribution in [2.45, 2.75) is 17.8 Å². The maximum atomic E-state index is 12.7. The van der Waals surface area contributed by atoms with Gasteiger partial charge < -0.3 is 15.4 Å². The number of H-pyrrole nitrogens is 1. The van der Waals surface area contributed by atoms with Gasteiger partial charge in [0.15, 0.2) is 0 Å². The smallest absolute Gasteiger partial charge is 0.353 e. The first-order chi connectivity index (χ1) is 10.9. The second-order valence-electron chi connectivity index (χ2n) is 4.75. The van der Waals surface area contributed by atoms with Crippen LogP contribution in [0.15, 0.2) is 10.7 Å². The van der Waals surface area contributed by atoms with E-state index in [0.717, 1.165) is 4.90 Å². The van der Waals surface area contributed by atoms with Gasteiger partial charge in [0.05, 0.1) is 11.5 Å². The molecule has 0 aliphatic carbocycles. The van der Waals surface area contributed by atoms with E-state index in [0.29, 0.717) is 0 Å². The molecule has 1 saturated heterocycles. The zero-order valence-corrected chi connectivity index (χ0v) is 12.8. The van der Waals surface area contributed by atoms with Gasteiger partial charge in [0.1, 0.15) is 22.9 Å². The van der Waals surface area contributed by atoms with Crippen LogP contribution in [0.4, 0.5) is 4.39 Å². The maximum Gasteiger partial charge on any atom is 0.353 e. The van der Waals surface area contributed by atoms with Crippen molar-refractivity contribution < 1.29 is 23.9 Å². The van der Waals surface area contributed by atoms with Gasteiger partial charge in [0.25, 0.3) is 5.91 Å². The number of aromatic amines is 1. The van der Waals surface area contributed by atoms with Crippen LogP contribution in [0.2, 0.25) is 0 Å². The number of carbonyl (C=O) groups excluding carboxylic acids is 2. The fourth-order valence-electron chi connectivity index (χ4n) is 2.31. The van der Waals surface area contributed by atoms with Gasteiger partial charge >= 0.3 is 12.0 Å². The zero-order valence-electron chi connectivity index (χ0n) is 11.2. The van der Waals surface area contributed by atoms with Gasteiger partial charge in [0.2, 0.25) is 5.91 Å². The summed E-state index contributed by atoms with van der Waals surface area (Å²) in [5, 5.41) is 17.6. The second-order valence-corrected chi connectivity index (χ2v) is 6.31. The molecule has 0 unspecified atom stereocenters. The molecule has 3 rings (SSSR count). The van der Waals surface area contributed by atoms with Crippen molar-refractivity contribution in [3.8, 4) is 0 Å². The van der Waals surface area contributed by atoms with Gasteiger partial charge in [-0.25, -0.2) is 4.79 Å². The number of amides is 2. The van der Waals surface area contributed by atoms with Crippen LogP contribution < -0.4 is 5.32 Å². The molecule has 23 heavy (non-hydrogen) atoms. The molecule has 2 aliphatic rings. The molecule has 0 aromatic carbocycles. The summed E-state index contributed by atoms with van der Waals surface area (Å²) in [6.45, 7) is 0. The van der Waals surface area contributed by atoms with Crippen molar-refractivity contribution in [3.05, 3.63) is 22.6 Å². The fraction of sp³-hybridized carbons (Fsp3) is 0.364. The van der Waals surface area contributed by atoms with E-state index in [1.54, 1.807) is 0 Å². The summed E-state index contributed by atoms with van der Waals surface area (Å²) in [5.74, 6) is -2.16. The largest absolute Gasteiger partial charge is 0.477 e. The predicted molar refractivity (Wildman–Crippen MR) is 75.6 cm³/mol. The molecule has 2 aliphatic heterocycles. The molecule has 3 heterocycles. The zero-order chi connectivity index (χ0) is 16.7. The highest BCUT2D eigenvalue weighted by atomic mass is 35.5. The predicted octanol–water partition coefficient (Wildman–Crippen LogP) is -0.579. The Morgan fingerprint density at radius 1 is 1.52 bits per heavy atom. The number of β-lactam (4-membered cyclic amide) rings is 1. The van der Waals surface area contributed by atoms with E-state index < -0.39 is 35.3 Å². The number of aromatic nitrogens is 3. The van der Waals surface area contributed by atoms with E-state index in [1.807, 2.05) is 0 Å². The highest BCUT2D eigenvalue weighted by molar-refractivity contribution is 8.00. The average Bonchev–Trinajstić information content (AvgIpc) is 2.89. The van der Waals surface area contributed by atoms with Crippen molar-refractivity contribution in [3.63, 3.8) is 0 Å². The Kier molecular flexibility index (Phi) is 3.98. The highest BCUT2D eigenvalue weighted by Gasteiger charge is 2.54. The minimum atomic E-state index is -1.30. The average molecular weight is 362 g/mol. The Bertz CT molecular complexity index is 738. The first kappa shape index (κ1) is 15.7. The van der Waals surface area contributed by atoms with Gasteiger partial charge in [-0.05, 0) is 0 Å². The summed E-state index contributed by atoms with van der Waals surface area (Å²) in [4.78, 5) is 38.4. The van der Waals surface area contributed by atoms with Gasteiger partial charge in [0, 0.05) is 5.75 Å². The molecule has 1 fully saturated rings. The lowest BCUT2D eigenvalue weighted by atomic mass is 10.0. The van der Waals surface area contributed by atoms with Crippen LogP contribution in [-0.2, 0) is 20.8 Å². The Morgan fingerprint density at radius 2 is 2.26 bits per heavy atom. The monoisotopic (exact) mass is 361 g/mol. The van der Waals surface area contributed by atoms with Crippen LogP contribution in [0.25, 0.3) is 0 Å². The number of carboxylic acids is 1. The number of nitrogens with one attached hydrogen (secondary N) is 2. The quantitative estimate of drug-likeness (QED) is 0.612. The van der Waals surface area contributed by atoms with E-state index in [9.17, 15) is 18.8 Å². The first-order valence-electron chi connectivity index (χ1n) is 6.31. The summed E-state index contributed by atoms with van der Waals surface area (Å²) in [6.07, 6.45) is -1.19. The van der Waals surface area contributed by atoms with E-state index >= 15 is 0 Å². The van der Waals surface area contributed by atoms with Crippen LogP contribution in [0.5, 0.6) is 0 Å². The number of carboxylic acid groups (broad SMARTS) is 1. The molecule has 1 aromatic heterocycles. The number of rotatable bonds is 4. The summed E-state index contributed by atoms with van der Waals surface area (Å²) < 4.78 is 12.7. The molecule has 9 nitrogen and oxygen atoms in total. The third kappa shape index (κ3) is 2.77. The summed E-state index contributed by atoms with van der Waals surface area (Å²) in [7, 11) is 0. The Labute approximate surface area is 137 Å². The Morgan fingerprint density at radius 3 is 2.87 bits per heavy atom. The number of hydrogen-bond donors (Lipinski definition) is 3. The summed E-state index contributed by atoms with van der Waals surface area (Å²) >= 11 is 7.09. The Hall–Kier alpha value is -2.14.